The number of rotatable bonds is 7. The predicted octanol–water partition coefficient (Wildman–Crippen LogP) is 4.33. The van der Waals surface area contributed by atoms with Crippen LogP contribution in [0.2, 0.25) is 0 Å². The van der Waals surface area contributed by atoms with Crippen molar-refractivity contribution in [1.82, 2.24) is 10.3 Å². The number of carboxylic acid groups (broad SMARTS) is 1. The Labute approximate surface area is 192 Å². The molecule has 1 heterocycles. The van der Waals surface area contributed by atoms with Gasteiger partial charge >= 0.3 is 5.97 Å². The summed E-state index contributed by atoms with van der Waals surface area (Å²) in [7, 11) is 1.55. The molecule has 0 atom stereocenters. The summed E-state index contributed by atoms with van der Waals surface area (Å²) in [5.41, 5.74) is 4.41. The fraction of sp³-hybridized carbons (Fsp3) is 0.269. The quantitative estimate of drug-likeness (QED) is 0.561. The second kappa shape index (κ2) is 9.73. The van der Waals surface area contributed by atoms with Crippen molar-refractivity contribution in [1.29, 1.82) is 0 Å². The Bertz CT molecular complexity index is 1250. The third-order valence-corrected chi connectivity index (χ3v) is 5.65. The number of pyridine rings is 1. The number of amides is 1. The molecule has 1 aliphatic carbocycles. The highest BCUT2D eigenvalue weighted by molar-refractivity contribution is 6.05. The van der Waals surface area contributed by atoms with E-state index in [9.17, 15) is 14.7 Å². The van der Waals surface area contributed by atoms with Crippen LogP contribution in [-0.2, 0) is 11.2 Å². The number of carbonyl (C=O) groups excluding carboxylic acids is 1. The molecule has 170 valence electrons. The molecule has 33 heavy (non-hydrogen) atoms. The fourth-order valence-electron chi connectivity index (χ4n) is 4.21. The van der Waals surface area contributed by atoms with Crippen LogP contribution >= 0.6 is 0 Å². The average Bonchev–Trinajstić information content (AvgIpc) is 2.82. The van der Waals surface area contributed by atoms with E-state index in [-0.39, 0.29) is 12.5 Å². The molecule has 4 rings (SSSR count). The van der Waals surface area contributed by atoms with Gasteiger partial charge in [0.1, 0.15) is 0 Å². The van der Waals surface area contributed by atoms with E-state index in [1.165, 1.54) is 0 Å². The summed E-state index contributed by atoms with van der Waals surface area (Å²) in [4.78, 5) is 28.6. The standard InChI is InChI=1S/C26H26N2O5/c1-3-27-23(29)15-33-21-12-11-16(14-22(21)32-2)13-17-7-6-9-19-24(26(30)31)18-8-4-5-10-20(18)28-25(17)19/h4-5,8,10-14H,3,6-7,9,15H2,1-2H3,(H,27,29)(H,30,31)/b17-13-. The third kappa shape index (κ3) is 4.67. The van der Waals surface area contributed by atoms with Gasteiger partial charge in [-0.2, -0.15) is 0 Å². The lowest BCUT2D eigenvalue weighted by atomic mass is 9.86. The number of aromatic carboxylic acids is 1. The Morgan fingerprint density at radius 3 is 2.73 bits per heavy atom. The van der Waals surface area contributed by atoms with Gasteiger partial charge in [0.05, 0.1) is 23.9 Å². The van der Waals surface area contributed by atoms with Gasteiger partial charge in [-0.05, 0) is 67.2 Å². The summed E-state index contributed by atoms with van der Waals surface area (Å²) in [5.74, 6) is -0.131. The summed E-state index contributed by atoms with van der Waals surface area (Å²) in [6, 6.07) is 12.9. The summed E-state index contributed by atoms with van der Waals surface area (Å²) in [5, 5.41) is 13.3. The molecule has 0 fully saturated rings. The van der Waals surface area contributed by atoms with Gasteiger partial charge in [0.25, 0.3) is 5.91 Å². The molecular formula is C26H26N2O5. The van der Waals surface area contributed by atoms with E-state index in [1.807, 2.05) is 49.4 Å². The Hall–Kier alpha value is -3.87. The van der Waals surface area contributed by atoms with E-state index < -0.39 is 5.97 Å². The molecule has 0 bridgehead atoms. The topological polar surface area (TPSA) is 97.8 Å². The van der Waals surface area contributed by atoms with Crippen LogP contribution in [-0.4, -0.2) is 42.2 Å². The van der Waals surface area contributed by atoms with Crippen LogP contribution in [0, 0.1) is 0 Å². The Balaban J connectivity index is 1.71. The van der Waals surface area contributed by atoms with Crippen molar-refractivity contribution in [2.24, 2.45) is 0 Å². The molecule has 0 saturated carbocycles. The second-order valence-corrected chi connectivity index (χ2v) is 7.81. The van der Waals surface area contributed by atoms with Crippen molar-refractivity contribution in [3.8, 4) is 11.5 Å². The second-order valence-electron chi connectivity index (χ2n) is 7.81. The molecule has 1 aromatic heterocycles. The van der Waals surface area contributed by atoms with Crippen LogP contribution < -0.4 is 14.8 Å². The molecule has 0 spiro atoms. The average molecular weight is 447 g/mol. The van der Waals surface area contributed by atoms with Gasteiger partial charge in [-0.3, -0.25) is 4.79 Å². The first-order valence-electron chi connectivity index (χ1n) is 10.9. The van der Waals surface area contributed by atoms with Crippen molar-refractivity contribution >= 4 is 34.4 Å². The highest BCUT2D eigenvalue weighted by Gasteiger charge is 2.24. The molecule has 0 radical (unpaired) electrons. The molecule has 0 saturated heterocycles. The molecule has 2 N–H and O–H groups in total. The number of carboxylic acids is 1. The van der Waals surface area contributed by atoms with E-state index in [1.54, 1.807) is 13.2 Å². The van der Waals surface area contributed by atoms with Crippen LogP contribution in [0.25, 0.3) is 22.6 Å². The number of benzene rings is 2. The minimum atomic E-state index is -0.929. The molecule has 1 amide bonds. The maximum atomic E-state index is 12.1. The number of nitrogens with one attached hydrogen (secondary N) is 1. The lowest BCUT2D eigenvalue weighted by Crippen LogP contribution is -2.28. The third-order valence-electron chi connectivity index (χ3n) is 5.65. The van der Waals surface area contributed by atoms with Crippen molar-refractivity contribution in [2.75, 3.05) is 20.3 Å². The number of nitrogens with zero attached hydrogens (tertiary/aromatic N) is 1. The molecule has 7 heteroatoms. The summed E-state index contributed by atoms with van der Waals surface area (Å²) in [6.45, 7) is 2.30. The zero-order valence-corrected chi connectivity index (χ0v) is 18.7. The molecule has 1 aliphatic rings. The largest absolute Gasteiger partial charge is 0.493 e. The molecule has 7 nitrogen and oxygen atoms in total. The first-order chi connectivity index (χ1) is 16.0. The number of methoxy groups -OCH3 is 1. The molecule has 3 aromatic rings. The van der Waals surface area contributed by atoms with Gasteiger partial charge in [-0.1, -0.05) is 24.3 Å². The number of likely N-dealkylation sites (N-methyl/N-ethyl adjacent to an activating group) is 1. The van der Waals surface area contributed by atoms with Gasteiger partial charge in [0.2, 0.25) is 0 Å². The van der Waals surface area contributed by atoms with Crippen molar-refractivity contribution < 1.29 is 24.2 Å². The zero-order valence-electron chi connectivity index (χ0n) is 18.7. The van der Waals surface area contributed by atoms with Crippen LogP contribution in [0.3, 0.4) is 0 Å². The molecule has 2 aromatic carbocycles. The number of para-hydroxylation sites is 1. The summed E-state index contributed by atoms with van der Waals surface area (Å²) < 4.78 is 11.1. The highest BCUT2D eigenvalue weighted by Crippen LogP contribution is 2.37. The Morgan fingerprint density at radius 2 is 1.97 bits per heavy atom. The van der Waals surface area contributed by atoms with Crippen LogP contribution in [0.5, 0.6) is 11.5 Å². The van der Waals surface area contributed by atoms with E-state index in [0.717, 1.165) is 35.2 Å². The van der Waals surface area contributed by atoms with Gasteiger partial charge in [-0.25, -0.2) is 9.78 Å². The normalized spacial score (nSPS) is 14.1. The first-order valence-corrected chi connectivity index (χ1v) is 10.9. The van der Waals surface area contributed by atoms with Gasteiger partial charge in [0, 0.05) is 11.9 Å². The molecule has 0 unspecified atom stereocenters. The smallest absolute Gasteiger partial charge is 0.336 e. The number of carbonyl (C=O) groups is 2. The van der Waals surface area contributed by atoms with E-state index >= 15 is 0 Å². The van der Waals surface area contributed by atoms with Crippen LogP contribution in [0.4, 0.5) is 0 Å². The maximum Gasteiger partial charge on any atom is 0.336 e. The number of hydrogen-bond acceptors (Lipinski definition) is 5. The van der Waals surface area contributed by atoms with E-state index in [2.05, 4.69) is 5.32 Å². The van der Waals surface area contributed by atoms with E-state index in [4.69, 9.17) is 14.5 Å². The number of hydrogen-bond donors (Lipinski definition) is 2. The highest BCUT2D eigenvalue weighted by atomic mass is 16.5. The number of fused-ring (bicyclic) bond motifs is 2. The first kappa shape index (κ1) is 22.3. The maximum absolute atomic E-state index is 12.1. The monoisotopic (exact) mass is 446 g/mol. The number of allylic oxidation sites excluding steroid dienone is 1. The predicted molar refractivity (Wildman–Crippen MR) is 127 cm³/mol. The zero-order chi connectivity index (χ0) is 23.4. The SMILES string of the molecule is CCNC(=O)COc1ccc(/C=C2/CCCc3c2nc2ccccc2c3C(=O)O)cc1OC. The number of aromatic nitrogens is 1. The lowest BCUT2D eigenvalue weighted by molar-refractivity contribution is -0.123. The van der Waals surface area contributed by atoms with Crippen molar-refractivity contribution in [3.05, 3.63) is 64.8 Å². The van der Waals surface area contributed by atoms with Crippen molar-refractivity contribution in [2.45, 2.75) is 26.2 Å². The van der Waals surface area contributed by atoms with Crippen LogP contribution in [0.1, 0.15) is 46.9 Å². The Morgan fingerprint density at radius 1 is 1.15 bits per heavy atom. The van der Waals surface area contributed by atoms with Crippen molar-refractivity contribution in [3.63, 3.8) is 0 Å². The lowest BCUT2D eigenvalue weighted by Gasteiger charge is -2.21. The van der Waals surface area contributed by atoms with E-state index in [0.29, 0.717) is 40.9 Å². The fourth-order valence-corrected chi connectivity index (χ4v) is 4.21. The minimum absolute atomic E-state index is 0.0903. The number of ether oxygens (including phenoxy) is 2. The molecular weight excluding hydrogens is 420 g/mol. The van der Waals surface area contributed by atoms with Crippen LogP contribution in [0.15, 0.2) is 42.5 Å². The van der Waals surface area contributed by atoms with Gasteiger partial charge in [-0.15, -0.1) is 0 Å². The minimum Gasteiger partial charge on any atom is -0.493 e. The Kier molecular flexibility index (Phi) is 6.58. The van der Waals surface area contributed by atoms with Gasteiger partial charge < -0.3 is 19.9 Å². The molecule has 0 aliphatic heterocycles. The summed E-state index contributed by atoms with van der Waals surface area (Å²) in [6.07, 6.45) is 4.35. The summed E-state index contributed by atoms with van der Waals surface area (Å²) >= 11 is 0. The van der Waals surface area contributed by atoms with Gasteiger partial charge in [0.15, 0.2) is 18.1 Å².